The Morgan fingerprint density at radius 3 is 2.67 bits per heavy atom. The van der Waals surface area contributed by atoms with E-state index in [2.05, 4.69) is 44.1 Å². The Bertz CT molecular complexity index is 514. The van der Waals surface area contributed by atoms with Crippen molar-refractivity contribution < 1.29 is 0 Å². The van der Waals surface area contributed by atoms with Crippen molar-refractivity contribution in [2.24, 2.45) is 0 Å². The summed E-state index contributed by atoms with van der Waals surface area (Å²) in [5, 5.41) is 4.75. The Hall–Kier alpha value is -0.710. The molecule has 2 rings (SSSR count). The fourth-order valence-corrected chi connectivity index (χ4v) is 3.73. The number of nitrogens with one attached hydrogen (secondary N) is 1. The number of hydrogen-bond acceptors (Lipinski definition) is 4. The van der Waals surface area contributed by atoms with Gasteiger partial charge in [0.05, 0.1) is 6.04 Å². The quantitative estimate of drug-likeness (QED) is 0.886. The molecule has 2 aromatic rings. The third-order valence-corrected chi connectivity index (χ3v) is 5.37. The number of aryl methyl sites for hydroxylation is 3. The summed E-state index contributed by atoms with van der Waals surface area (Å²) in [7, 11) is 0. The lowest BCUT2D eigenvalue weighted by molar-refractivity contribution is 0.571. The molecule has 0 aromatic carbocycles. The molecule has 0 spiro atoms. The lowest BCUT2D eigenvalue weighted by Gasteiger charge is -2.10. The number of thiazole rings is 1. The van der Waals surface area contributed by atoms with Gasteiger partial charge in [0, 0.05) is 27.4 Å². The van der Waals surface area contributed by atoms with Crippen LogP contribution in [0, 0.1) is 13.8 Å². The topological polar surface area (TPSA) is 24.9 Å². The zero-order chi connectivity index (χ0) is 13.1. The van der Waals surface area contributed by atoms with E-state index in [-0.39, 0.29) is 0 Å². The molecule has 0 aliphatic rings. The van der Waals surface area contributed by atoms with Crippen molar-refractivity contribution in [3.63, 3.8) is 0 Å². The van der Waals surface area contributed by atoms with Crippen LogP contribution in [0.5, 0.6) is 0 Å². The van der Waals surface area contributed by atoms with Crippen LogP contribution < -0.4 is 5.32 Å². The maximum absolute atomic E-state index is 4.49. The Kier molecular flexibility index (Phi) is 4.54. The van der Waals surface area contributed by atoms with E-state index in [1.165, 1.54) is 25.2 Å². The zero-order valence-corrected chi connectivity index (χ0v) is 13.0. The lowest BCUT2D eigenvalue weighted by Crippen LogP contribution is -2.17. The maximum atomic E-state index is 4.49. The third-order valence-electron chi connectivity index (χ3n) is 3.03. The number of nitrogens with zero attached hydrogens (tertiary/aromatic N) is 1. The molecule has 1 unspecified atom stereocenters. The fraction of sp³-hybridized carbons (Fsp3) is 0.500. The Labute approximate surface area is 117 Å². The molecule has 2 nitrogen and oxygen atoms in total. The molecule has 0 fully saturated rings. The Morgan fingerprint density at radius 2 is 2.11 bits per heavy atom. The highest BCUT2D eigenvalue weighted by Gasteiger charge is 2.10. The maximum Gasteiger partial charge on any atom is 0.109 e. The first kappa shape index (κ1) is 13.7. The predicted molar refractivity (Wildman–Crippen MR) is 80.5 cm³/mol. The van der Waals surface area contributed by atoms with Crippen molar-refractivity contribution in [1.82, 2.24) is 10.3 Å². The SMILES string of the molecule is CCc1cnc(C(C)NCc2cc(C)sc2C)s1. The van der Waals surface area contributed by atoms with Crippen LogP contribution in [0.2, 0.25) is 0 Å². The minimum absolute atomic E-state index is 0.329. The predicted octanol–water partition coefficient (Wildman–Crippen LogP) is 4.23. The molecule has 0 saturated heterocycles. The summed E-state index contributed by atoms with van der Waals surface area (Å²) in [5.41, 5.74) is 1.41. The van der Waals surface area contributed by atoms with Crippen LogP contribution >= 0.6 is 22.7 Å². The molecule has 18 heavy (non-hydrogen) atoms. The molecule has 1 N–H and O–H groups in total. The second-order valence-electron chi connectivity index (χ2n) is 4.56. The largest absolute Gasteiger partial charge is 0.304 e. The van der Waals surface area contributed by atoms with Crippen molar-refractivity contribution in [3.05, 3.63) is 37.5 Å². The Balaban J connectivity index is 1.95. The molecule has 1 atom stereocenters. The number of hydrogen-bond donors (Lipinski definition) is 1. The Morgan fingerprint density at radius 1 is 1.33 bits per heavy atom. The van der Waals surface area contributed by atoms with Gasteiger partial charge in [-0.15, -0.1) is 22.7 Å². The van der Waals surface area contributed by atoms with E-state index >= 15 is 0 Å². The summed E-state index contributed by atoms with van der Waals surface area (Å²) in [6, 6.07) is 2.61. The summed E-state index contributed by atoms with van der Waals surface area (Å²) in [4.78, 5) is 8.65. The van der Waals surface area contributed by atoms with Gasteiger partial charge in [0.1, 0.15) is 5.01 Å². The van der Waals surface area contributed by atoms with Gasteiger partial charge in [0.25, 0.3) is 0 Å². The molecule has 0 bridgehead atoms. The highest BCUT2D eigenvalue weighted by molar-refractivity contribution is 7.12. The average molecular weight is 280 g/mol. The van der Waals surface area contributed by atoms with E-state index in [1.54, 1.807) is 0 Å². The van der Waals surface area contributed by atoms with E-state index in [0.717, 1.165) is 13.0 Å². The minimum atomic E-state index is 0.329. The smallest absolute Gasteiger partial charge is 0.109 e. The van der Waals surface area contributed by atoms with E-state index < -0.39 is 0 Å². The number of thiophene rings is 1. The van der Waals surface area contributed by atoms with Crippen LogP contribution in [0.3, 0.4) is 0 Å². The molecule has 2 aromatic heterocycles. The van der Waals surface area contributed by atoms with Gasteiger partial charge in [-0.2, -0.15) is 0 Å². The second-order valence-corrected chi connectivity index (χ2v) is 7.17. The lowest BCUT2D eigenvalue weighted by atomic mass is 10.2. The number of rotatable bonds is 5. The summed E-state index contributed by atoms with van der Waals surface area (Å²) >= 11 is 3.69. The fourth-order valence-electron chi connectivity index (χ4n) is 1.90. The summed E-state index contributed by atoms with van der Waals surface area (Å²) in [5.74, 6) is 0. The van der Waals surface area contributed by atoms with Gasteiger partial charge < -0.3 is 5.32 Å². The van der Waals surface area contributed by atoms with Crippen LogP contribution in [-0.2, 0) is 13.0 Å². The van der Waals surface area contributed by atoms with Gasteiger partial charge in [-0.05, 0) is 38.8 Å². The van der Waals surface area contributed by atoms with E-state index in [1.807, 2.05) is 28.9 Å². The van der Waals surface area contributed by atoms with Gasteiger partial charge in [0.2, 0.25) is 0 Å². The van der Waals surface area contributed by atoms with Gasteiger partial charge >= 0.3 is 0 Å². The summed E-state index contributed by atoms with van der Waals surface area (Å²) < 4.78 is 0. The third kappa shape index (κ3) is 3.19. The van der Waals surface area contributed by atoms with Crippen molar-refractivity contribution in [2.45, 2.75) is 46.7 Å². The van der Waals surface area contributed by atoms with E-state index in [0.29, 0.717) is 6.04 Å². The number of aromatic nitrogens is 1. The average Bonchev–Trinajstić information content (AvgIpc) is 2.93. The van der Waals surface area contributed by atoms with Crippen molar-refractivity contribution in [3.8, 4) is 0 Å². The van der Waals surface area contributed by atoms with E-state index in [4.69, 9.17) is 0 Å². The molecule has 98 valence electrons. The van der Waals surface area contributed by atoms with Gasteiger partial charge in [-0.3, -0.25) is 0 Å². The molecule has 0 radical (unpaired) electrons. The van der Waals surface area contributed by atoms with Crippen molar-refractivity contribution in [2.75, 3.05) is 0 Å². The first-order valence-electron chi connectivity index (χ1n) is 6.34. The molecule has 0 amide bonds. The molecule has 4 heteroatoms. The van der Waals surface area contributed by atoms with Crippen LogP contribution in [0.4, 0.5) is 0 Å². The minimum Gasteiger partial charge on any atom is -0.304 e. The van der Waals surface area contributed by atoms with Gasteiger partial charge in [-0.25, -0.2) is 4.98 Å². The normalized spacial score (nSPS) is 12.9. The highest BCUT2D eigenvalue weighted by atomic mass is 32.1. The van der Waals surface area contributed by atoms with Crippen LogP contribution in [-0.4, -0.2) is 4.98 Å². The van der Waals surface area contributed by atoms with Crippen molar-refractivity contribution >= 4 is 22.7 Å². The standard InChI is InChI=1S/C14H20N2S2/c1-5-13-8-16-14(18-13)10(3)15-7-12-6-9(2)17-11(12)4/h6,8,10,15H,5,7H2,1-4H3. The molecular formula is C14H20N2S2. The zero-order valence-electron chi connectivity index (χ0n) is 11.4. The molecular weight excluding hydrogens is 260 g/mol. The molecule has 0 aliphatic heterocycles. The highest BCUT2D eigenvalue weighted by Crippen LogP contribution is 2.23. The van der Waals surface area contributed by atoms with Gasteiger partial charge in [0.15, 0.2) is 0 Å². The summed E-state index contributed by atoms with van der Waals surface area (Å²) in [6.07, 6.45) is 3.07. The summed E-state index contributed by atoms with van der Waals surface area (Å²) in [6.45, 7) is 9.65. The first-order chi connectivity index (χ1) is 8.60. The van der Waals surface area contributed by atoms with Crippen molar-refractivity contribution in [1.29, 1.82) is 0 Å². The first-order valence-corrected chi connectivity index (χ1v) is 7.97. The molecule has 0 aliphatic carbocycles. The molecule has 0 saturated carbocycles. The van der Waals surface area contributed by atoms with Gasteiger partial charge in [-0.1, -0.05) is 6.92 Å². The van der Waals surface area contributed by atoms with Crippen LogP contribution in [0.25, 0.3) is 0 Å². The monoisotopic (exact) mass is 280 g/mol. The van der Waals surface area contributed by atoms with Crippen LogP contribution in [0.1, 0.15) is 45.1 Å². The van der Waals surface area contributed by atoms with E-state index in [9.17, 15) is 0 Å². The molecule has 2 heterocycles. The second kappa shape index (κ2) is 5.95. The van der Waals surface area contributed by atoms with Crippen LogP contribution in [0.15, 0.2) is 12.3 Å².